The van der Waals surface area contributed by atoms with Gasteiger partial charge in [-0.1, -0.05) is 39.7 Å². The van der Waals surface area contributed by atoms with E-state index in [2.05, 4.69) is 38.8 Å². The highest BCUT2D eigenvalue weighted by Crippen LogP contribution is 1.98. The smallest absolute Gasteiger partial charge is 0.0227 e. The lowest BCUT2D eigenvalue weighted by Gasteiger charge is -2.00. The van der Waals surface area contributed by atoms with E-state index in [1.165, 1.54) is 18.6 Å². The van der Waals surface area contributed by atoms with E-state index in [9.17, 15) is 0 Å². The molecule has 0 aliphatic heterocycles. The van der Waals surface area contributed by atoms with Gasteiger partial charge in [0.25, 0.3) is 0 Å². The summed E-state index contributed by atoms with van der Waals surface area (Å²) in [6, 6.07) is 0. The summed E-state index contributed by atoms with van der Waals surface area (Å²) in [6.45, 7) is 8.61. The normalized spacial score (nSPS) is 13.2. The number of rotatable bonds is 5. The van der Waals surface area contributed by atoms with Crippen LogP contribution in [0, 0.1) is 5.92 Å². The van der Waals surface area contributed by atoms with E-state index in [1.807, 2.05) is 6.20 Å². The number of allylic oxidation sites excluding steroid dienone is 1. The molecule has 12 heavy (non-hydrogen) atoms. The van der Waals surface area contributed by atoms with Crippen LogP contribution in [0.5, 0.6) is 0 Å². The van der Waals surface area contributed by atoms with Gasteiger partial charge in [-0.2, -0.15) is 0 Å². The molecule has 0 heterocycles. The fourth-order valence-electron chi connectivity index (χ4n) is 0.716. The minimum Gasteiger partial charge on any atom is -0.266 e. The summed E-state index contributed by atoms with van der Waals surface area (Å²) in [5.74, 6) is 0.570. The molecule has 0 aromatic carbocycles. The van der Waals surface area contributed by atoms with E-state index in [0.717, 1.165) is 6.42 Å². The van der Waals surface area contributed by atoms with Crippen LogP contribution in [0.4, 0.5) is 0 Å². The predicted molar refractivity (Wildman–Crippen MR) is 56.6 cm³/mol. The second-order valence-corrected chi connectivity index (χ2v) is 3.45. The van der Waals surface area contributed by atoms with Crippen molar-refractivity contribution in [2.45, 2.75) is 47.0 Å². The number of aliphatic imine (C=N–C) groups is 1. The summed E-state index contributed by atoms with van der Waals surface area (Å²) in [7, 11) is 0. The summed E-state index contributed by atoms with van der Waals surface area (Å²) >= 11 is 0. The summed E-state index contributed by atoms with van der Waals surface area (Å²) in [5.41, 5.74) is 1.21. The Balaban J connectivity index is 3.63. The molecule has 0 aromatic heterocycles. The van der Waals surface area contributed by atoms with E-state index in [0.29, 0.717) is 5.92 Å². The van der Waals surface area contributed by atoms with Crippen molar-refractivity contribution >= 4 is 5.71 Å². The summed E-state index contributed by atoms with van der Waals surface area (Å²) < 4.78 is 0. The van der Waals surface area contributed by atoms with Gasteiger partial charge in [-0.15, -0.1) is 0 Å². The van der Waals surface area contributed by atoms with Crippen molar-refractivity contribution < 1.29 is 0 Å². The van der Waals surface area contributed by atoms with Crippen molar-refractivity contribution in [3.63, 3.8) is 0 Å². The maximum atomic E-state index is 4.33. The maximum Gasteiger partial charge on any atom is 0.0227 e. The average Bonchev–Trinajstić information content (AvgIpc) is 2.03. The van der Waals surface area contributed by atoms with Gasteiger partial charge in [-0.05, 0) is 19.3 Å². The zero-order valence-corrected chi connectivity index (χ0v) is 8.80. The SMILES string of the molecule is CCCC/C=C\N=C(C)C(C)C. The Bertz CT molecular complexity index is 154. The molecule has 0 radical (unpaired) electrons. The molecular formula is C11H21N. The molecule has 0 aliphatic rings. The highest BCUT2D eigenvalue weighted by Gasteiger charge is 1.93. The zero-order chi connectivity index (χ0) is 9.40. The maximum absolute atomic E-state index is 4.33. The third-order valence-electron chi connectivity index (χ3n) is 1.94. The third-order valence-corrected chi connectivity index (χ3v) is 1.94. The van der Waals surface area contributed by atoms with Crippen LogP contribution in [-0.2, 0) is 0 Å². The zero-order valence-electron chi connectivity index (χ0n) is 8.80. The van der Waals surface area contributed by atoms with Gasteiger partial charge in [0.1, 0.15) is 0 Å². The van der Waals surface area contributed by atoms with Crippen LogP contribution < -0.4 is 0 Å². The molecule has 0 saturated carbocycles. The lowest BCUT2D eigenvalue weighted by molar-refractivity contribution is 0.813. The highest BCUT2D eigenvalue weighted by atomic mass is 14.7. The molecule has 0 saturated heterocycles. The Morgan fingerprint density at radius 3 is 2.58 bits per heavy atom. The van der Waals surface area contributed by atoms with Crippen LogP contribution in [-0.4, -0.2) is 5.71 Å². The monoisotopic (exact) mass is 167 g/mol. The molecule has 0 atom stereocenters. The van der Waals surface area contributed by atoms with Crippen LogP contribution in [0.25, 0.3) is 0 Å². The first-order chi connectivity index (χ1) is 5.68. The van der Waals surface area contributed by atoms with Crippen LogP contribution in [0.15, 0.2) is 17.3 Å². The molecule has 1 nitrogen and oxygen atoms in total. The molecule has 0 spiro atoms. The number of hydrogen-bond acceptors (Lipinski definition) is 1. The van der Waals surface area contributed by atoms with E-state index in [-0.39, 0.29) is 0 Å². The number of nitrogens with zero attached hydrogens (tertiary/aromatic N) is 1. The Kier molecular flexibility index (Phi) is 6.73. The van der Waals surface area contributed by atoms with Crippen molar-refractivity contribution in [2.24, 2.45) is 10.9 Å². The van der Waals surface area contributed by atoms with Gasteiger partial charge in [0.05, 0.1) is 0 Å². The molecular weight excluding hydrogens is 146 g/mol. The number of hydrogen-bond donors (Lipinski definition) is 0. The predicted octanol–water partition coefficient (Wildman–Crippen LogP) is 3.81. The summed E-state index contributed by atoms with van der Waals surface area (Å²) in [6.07, 6.45) is 7.77. The van der Waals surface area contributed by atoms with E-state index in [4.69, 9.17) is 0 Å². The standard InChI is InChI=1S/C11H21N/c1-5-6-7-8-9-12-11(4)10(2)3/h8-10H,5-7H2,1-4H3/b9-8-,12-11?. The minimum atomic E-state index is 0.570. The minimum absolute atomic E-state index is 0.570. The van der Waals surface area contributed by atoms with Crippen LogP contribution in [0.3, 0.4) is 0 Å². The Hall–Kier alpha value is -0.590. The fraction of sp³-hybridized carbons (Fsp3) is 0.727. The molecule has 0 aliphatic carbocycles. The molecule has 0 unspecified atom stereocenters. The fourth-order valence-corrected chi connectivity index (χ4v) is 0.716. The van der Waals surface area contributed by atoms with Gasteiger partial charge in [0.15, 0.2) is 0 Å². The van der Waals surface area contributed by atoms with Crippen LogP contribution >= 0.6 is 0 Å². The topological polar surface area (TPSA) is 12.4 Å². The second kappa shape index (κ2) is 7.08. The van der Waals surface area contributed by atoms with Crippen molar-refractivity contribution in [2.75, 3.05) is 0 Å². The first kappa shape index (κ1) is 11.4. The molecule has 1 heteroatoms. The molecule has 0 amide bonds. The molecule has 0 fully saturated rings. The third kappa shape index (κ3) is 6.14. The molecule has 0 rings (SSSR count). The Morgan fingerprint density at radius 2 is 2.08 bits per heavy atom. The molecule has 0 N–H and O–H groups in total. The Morgan fingerprint density at radius 1 is 1.42 bits per heavy atom. The second-order valence-electron chi connectivity index (χ2n) is 3.45. The first-order valence-corrected chi connectivity index (χ1v) is 4.87. The van der Waals surface area contributed by atoms with E-state index in [1.54, 1.807) is 0 Å². The lowest BCUT2D eigenvalue weighted by atomic mass is 10.1. The van der Waals surface area contributed by atoms with Gasteiger partial charge >= 0.3 is 0 Å². The highest BCUT2D eigenvalue weighted by molar-refractivity contribution is 5.84. The molecule has 70 valence electrons. The molecule has 0 aromatic rings. The van der Waals surface area contributed by atoms with Crippen LogP contribution in [0.1, 0.15) is 47.0 Å². The van der Waals surface area contributed by atoms with Crippen molar-refractivity contribution in [1.29, 1.82) is 0 Å². The van der Waals surface area contributed by atoms with Gasteiger partial charge < -0.3 is 0 Å². The average molecular weight is 167 g/mol. The first-order valence-electron chi connectivity index (χ1n) is 4.87. The van der Waals surface area contributed by atoms with Crippen molar-refractivity contribution in [3.8, 4) is 0 Å². The quantitative estimate of drug-likeness (QED) is 0.436. The van der Waals surface area contributed by atoms with Gasteiger partial charge in [0.2, 0.25) is 0 Å². The summed E-state index contributed by atoms with van der Waals surface area (Å²) in [5, 5.41) is 0. The lowest BCUT2D eigenvalue weighted by Crippen LogP contribution is -1.99. The van der Waals surface area contributed by atoms with Gasteiger partial charge in [-0.3, -0.25) is 4.99 Å². The van der Waals surface area contributed by atoms with Crippen molar-refractivity contribution in [3.05, 3.63) is 12.3 Å². The van der Waals surface area contributed by atoms with Crippen molar-refractivity contribution in [1.82, 2.24) is 0 Å². The Labute approximate surface area is 76.6 Å². The number of unbranched alkanes of at least 4 members (excludes halogenated alkanes) is 2. The van der Waals surface area contributed by atoms with Crippen LogP contribution in [0.2, 0.25) is 0 Å². The van der Waals surface area contributed by atoms with E-state index < -0.39 is 0 Å². The van der Waals surface area contributed by atoms with Gasteiger partial charge in [-0.25, -0.2) is 0 Å². The van der Waals surface area contributed by atoms with E-state index >= 15 is 0 Å². The molecule has 0 bridgehead atoms. The largest absolute Gasteiger partial charge is 0.266 e. The summed E-state index contributed by atoms with van der Waals surface area (Å²) in [4.78, 5) is 4.33. The van der Waals surface area contributed by atoms with Gasteiger partial charge in [0, 0.05) is 11.9 Å².